The molecule has 0 radical (unpaired) electrons. The number of rotatable bonds is 5. The van der Waals surface area contributed by atoms with Crippen molar-refractivity contribution in [3.05, 3.63) is 86.6 Å². The van der Waals surface area contributed by atoms with Gasteiger partial charge in [0.15, 0.2) is 0 Å². The molecule has 5 nitrogen and oxygen atoms in total. The van der Waals surface area contributed by atoms with Gasteiger partial charge in [-0.15, -0.1) is 11.3 Å². The summed E-state index contributed by atoms with van der Waals surface area (Å²) in [6.07, 6.45) is 0.985. The third-order valence-electron chi connectivity index (χ3n) is 6.05. The summed E-state index contributed by atoms with van der Waals surface area (Å²) in [7, 11) is 0. The molecule has 1 aliphatic heterocycles. The van der Waals surface area contributed by atoms with E-state index in [1.54, 1.807) is 11.3 Å². The number of aryl methyl sites for hydroxylation is 3. The van der Waals surface area contributed by atoms with Gasteiger partial charge in [0.1, 0.15) is 0 Å². The number of thiophene rings is 1. The number of benzene rings is 2. The minimum Gasteiger partial charge on any atom is -0.346 e. The molecule has 0 aliphatic carbocycles. The lowest BCUT2D eigenvalue weighted by atomic mass is 9.98. The van der Waals surface area contributed by atoms with Crippen molar-refractivity contribution >= 4 is 28.8 Å². The fourth-order valence-corrected chi connectivity index (χ4v) is 5.35. The maximum absolute atomic E-state index is 12.7. The highest BCUT2D eigenvalue weighted by Gasteiger charge is 2.27. The zero-order valence-corrected chi connectivity index (χ0v) is 19.6. The van der Waals surface area contributed by atoms with E-state index >= 15 is 0 Å². The largest absolute Gasteiger partial charge is 0.346 e. The van der Waals surface area contributed by atoms with Gasteiger partial charge in [0.05, 0.1) is 6.04 Å². The molecule has 1 atom stereocenters. The molecule has 0 saturated carbocycles. The second kappa shape index (κ2) is 9.67. The van der Waals surface area contributed by atoms with Gasteiger partial charge in [0, 0.05) is 30.2 Å². The van der Waals surface area contributed by atoms with E-state index in [1.165, 1.54) is 16.0 Å². The van der Waals surface area contributed by atoms with Gasteiger partial charge in [0.2, 0.25) is 0 Å². The van der Waals surface area contributed by atoms with Crippen LogP contribution in [0, 0.1) is 20.8 Å². The second-order valence-electron chi connectivity index (χ2n) is 8.46. The van der Waals surface area contributed by atoms with Crippen LogP contribution in [0.1, 0.15) is 38.7 Å². The molecule has 166 valence electrons. The summed E-state index contributed by atoms with van der Waals surface area (Å²) in [5.41, 5.74) is 6.46. The lowest BCUT2D eigenvalue weighted by molar-refractivity contribution is -0.136. The van der Waals surface area contributed by atoms with E-state index in [2.05, 4.69) is 51.2 Å². The van der Waals surface area contributed by atoms with Gasteiger partial charge < -0.3 is 10.6 Å². The quantitative estimate of drug-likeness (QED) is 0.565. The summed E-state index contributed by atoms with van der Waals surface area (Å²) in [6.45, 7) is 8.04. The number of amides is 2. The first-order valence-corrected chi connectivity index (χ1v) is 11.8. The minimum absolute atomic E-state index is 0.0305. The summed E-state index contributed by atoms with van der Waals surface area (Å²) in [4.78, 5) is 28.8. The Balaban J connectivity index is 1.44. The highest BCUT2D eigenvalue weighted by atomic mass is 32.1. The smallest absolute Gasteiger partial charge is 0.313 e. The van der Waals surface area contributed by atoms with Crippen molar-refractivity contribution in [3.8, 4) is 0 Å². The minimum atomic E-state index is -0.631. The highest BCUT2D eigenvalue weighted by molar-refractivity contribution is 7.10. The van der Waals surface area contributed by atoms with Crippen LogP contribution < -0.4 is 10.6 Å². The molecule has 2 amide bonds. The van der Waals surface area contributed by atoms with Gasteiger partial charge in [-0.25, -0.2) is 0 Å². The summed E-state index contributed by atoms with van der Waals surface area (Å²) in [6, 6.07) is 16.7. The van der Waals surface area contributed by atoms with Gasteiger partial charge in [0.25, 0.3) is 0 Å². The monoisotopic (exact) mass is 447 g/mol. The van der Waals surface area contributed by atoms with Crippen LogP contribution in [-0.2, 0) is 22.6 Å². The number of fused-ring (bicyclic) bond motifs is 1. The number of hydrogen-bond acceptors (Lipinski definition) is 4. The number of hydrogen-bond donors (Lipinski definition) is 2. The molecular formula is C26H29N3O2S. The van der Waals surface area contributed by atoms with E-state index in [0.29, 0.717) is 12.2 Å². The Hall–Kier alpha value is -2.96. The molecule has 4 rings (SSSR count). The van der Waals surface area contributed by atoms with Gasteiger partial charge in [-0.2, -0.15) is 0 Å². The standard InChI is InChI=1S/C26H29N3O2S/c1-17-13-18(2)24(19(3)14-17)28-26(31)25(30)27-15-22(23-9-6-12-32-23)29-11-10-20-7-4-5-8-21(20)16-29/h4-9,12-14,22H,10-11,15-16H2,1-3H3,(H,27,30)(H,28,31)/t22-/m0/s1. The lowest BCUT2D eigenvalue weighted by Gasteiger charge is -2.35. The first-order valence-electron chi connectivity index (χ1n) is 10.9. The summed E-state index contributed by atoms with van der Waals surface area (Å²) >= 11 is 1.68. The van der Waals surface area contributed by atoms with Gasteiger partial charge in [-0.1, -0.05) is 48.0 Å². The molecule has 0 spiro atoms. The van der Waals surface area contributed by atoms with Crippen LogP contribution >= 0.6 is 11.3 Å². The number of nitrogens with zero attached hydrogens (tertiary/aromatic N) is 1. The first-order chi connectivity index (χ1) is 15.4. The van der Waals surface area contributed by atoms with Crippen molar-refractivity contribution in [1.82, 2.24) is 10.2 Å². The van der Waals surface area contributed by atoms with Crippen molar-refractivity contribution in [2.45, 2.75) is 39.8 Å². The van der Waals surface area contributed by atoms with Crippen LogP contribution in [0.15, 0.2) is 53.9 Å². The summed E-state index contributed by atoms with van der Waals surface area (Å²) in [5, 5.41) is 7.72. The Bertz CT molecular complexity index is 1100. The van der Waals surface area contributed by atoms with E-state index < -0.39 is 11.8 Å². The first kappa shape index (κ1) is 22.2. The van der Waals surface area contributed by atoms with E-state index in [-0.39, 0.29) is 6.04 Å². The topological polar surface area (TPSA) is 61.4 Å². The molecule has 0 unspecified atom stereocenters. The van der Waals surface area contributed by atoms with Crippen molar-refractivity contribution in [2.75, 3.05) is 18.4 Å². The van der Waals surface area contributed by atoms with Gasteiger partial charge >= 0.3 is 11.8 Å². The molecule has 0 fully saturated rings. The van der Waals surface area contributed by atoms with Crippen LogP contribution in [0.2, 0.25) is 0 Å². The summed E-state index contributed by atoms with van der Waals surface area (Å²) < 4.78 is 0. The molecule has 3 aromatic rings. The lowest BCUT2D eigenvalue weighted by Crippen LogP contribution is -2.43. The van der Waals surface area contributed by atoms with E-state index in [4.69, 9.17) is 0 Å². The van der Waals surface area contributed by atoms with Crippen LogP contribution in [0.25, 0.3) is 0 Å². The van der Waals surface area contributed by atoms with E-state index in [9.17, 15) is 9.59 Å². The molecule has 2 heterocycles. The van der Waals surface area contributed by atoms with Crippen molar-refractivity contribution < 1.29 is 9.59 Å². The summed E-state index contributed by atoms with van der Waals surface area (Å²) in [5.74, 6) is -1.24. The Labute approximate surface area is 193 Å². The van der Waals surface area contributed by atoms with Crippen molar-refractivity contribution in [3.63, 3.8) is 0 Å². The molecule has 0 bridgehead atoms. The van der Waals surface area contributed by atoms with Gasteiger partial charge in [-0.05, 0) is 60.9 Å². The molecular weight excluding hydrogens is 418 g/mol. The Morgan fingerprint density at radius 1 is 1.00 bits per heavy atom. The third kappa shape index (κ3) is 4.92. The van der Waals surface area contributed by atoms with Crippen LogP contribution in [0.5, 0.6) is 0 Å². The number of carbonyl (C=O) groups excluding carboxylic acids is 2. The van der Waals surface area contributed by atoms with Gasteiger partial charge in [-0.3, -0.25) is 14.5 Å². The number of nitrogens with one attached hydrogen (secondary N) is 2. The number of anilines is 1. The zero-order valence-electron chi connectivity index (χ0n) is 18.8. The van der Waals surface area contributed by atoms with Crippen molar-refractivity contribution in [1.29, 1.82) is 0 Å². The Morgan fingerprint density at radius 3 is 2.41 bits per heavy atom. The molecule has 0 saturated heterocycles. The predicted molar refractivity (Wildman–Crippen MR) is 130 cm³/mol. The molecule has 2 aromatic carbocycles. The molecule has 1 aromatic heterocycles. The SMILES string of the molecule is Cc1cc(C)c(NC(=O)C(=O)NC[C@@H](c2cccs2)N2CCc3ccccc3C2)c(C)c1. The third-order valence-corrected chi connectivity index (χ3v) is 7.02. The average molecular weight is 448 g/mol. The average Bonchev–Trinajstić information content (AvgIpc) is 3.30. The zero-order chi connectivity index (χ0) is 22.7. The second-order valence-corrected chi connectivity index (χ2v) is 9.44. The normalized spacial score (nSPS) is 14.5. The highest BCUT2D eigenvalue weighted by Crippen LogP contribution is 2.30. The molecule has 2 N–H and O–H groups in total. The maximum Gasteiger partial charge on any atom is 0.313 e. The Kier molecular flexibility index (Phi) is 6.72. The predicted octanol–water partition coefficient (Wildman–Crippen LogP) is 4.53. The van der Waals surface area contributed by atoms with Crippen molar-refractivity contribution in [2.24, 2.45) is 0 Å². The maximum atomic E-state index is 12.7. The van der Waals surface area contributed by atoms with E-state index in [1.807, 2.05) is 39.0 Å². The van der Waals surface area contributed by atoms with E-state index in [0.717, 1.165) is 36.2 Å². The molecule has 1 aliphatic rings. The fourth-order valence-electron chi connectivity index (χ4n) is 4.49. The van der Waals surface area contributed by atoms with Crippen LogP contribution in [-0.4, -0.2) is 29.8 Å². The van der Waals surface area contributed by atoms with Crippen LogP contribution in [0.4, 0.5) is 5.69 Å². The van der Waals surface area contributed by atoms with Crippen LogP contribution in [0.3, 0.4) is 0 Å². The molecule has 32 heavy (non-hydrogen) atoms. The number of carbonyl (C=O) groups is 2. The molecule has 6 heteroatoms. The Morgan fingerprint density at radius 2 is 1.72 bits per heavy atom. The fraction of sp³-hybridized carbons (Fsp3) is 0.308.